The first-order valence-electron chi connectivity index (χ1n) is 6.57. The summed E-state index contributed by atoms with van der Waals surface area (Å²) in [5, 5.41) is 0. The number of benzene rings is 1. The number of anilines is 1. The average Bonchev–Trinajstić information content (AvgIpc) is 2.48. The standard InChI is InChI=1S/C15H14BrN3O/c16-13-5-3-11(4-6-13)12-8-17-15(18-9-12)19-7-1-2-14(20)10-19/h3-6,8-9H,1-2,7,10H2. The minimum atomic E-state index is 0.261. The first kappa shape index (κ1) is 13.2. The fraction of sp³-hybridized carbons (Fsp3) is 0.267. The molecule has 1 aliphatic heterocycles. The molecule has 0 N–H and O–H groups in total. The van der Waals surface area contributed by atoms with Crippen molar-refractivity contribution < 1.29 is 4.79 Å². The van der Waals surface area contributed by atoms with Gasteiger partial charge in [0.25, 0.3) is 0 Å². The molecule has 0 spiro atoms. The summed E-state index contributed by atoms with van der Waals surface area (Å²) < 4.78 is 1.05. The lowest BCUT2D eigenvalue weighted by Crippen LogP contribution is -2.36. The van der Waals surface area contributed by atoms with Crippen LogP contribution in [0, 0.1) is 0 Å². The second-order valence-electron chi connectivity index (χ2n) is 4.84. The van der Waals surface area contributed by atoms with Crippen LogP contribution in [-0.2, 0) is 4.79 Å². The summed E-state index contributed by atoms with van der Waals surface area (Å²) >= 11 is 3.42. The van der Waals surface area contributed by atoms with Crippen LogP contribution < -0.4 is 4.90 Å². The highest BCUT2D eigenvalue weighted by atomic mass is 79.9. The molecule has 0 radical (unpaired) electrons. The maximum atomic E-state index is 11.5. The highest BCUT2D eigenvalue weighted by molar-refractivity contribution is 9.10. The predicted molar refractivity (Wildman–Crippen MR) is 81.6 cm³/mol. The summed E-state index contributed by atoms with van der Waals surface area (Å²) in [6, 6.07) is 8.03. The van der Waals surface area contributed by atoms with Gasteiger partial charge in [-0.1, -0.05) is 28.1 Å². The zero-order valence-electron chi connectivity index (χ0n) is 10.9. The third kappa shape index (κ3) is 2.88. The molecule has 1 aromatic heterocycles. The summed E-state index contributed by atoms with van der Waals surface area (Å²) in [4.78, 5) is 22.2. The number of carbonyl (C=O) groups excluding carboxylic acids is 1. The van der Waals surface area contributed by atoms with Crippen molar-refractivity contribution in [2.45, 2.75) is 12.8 Å². The predicted octanol–water partition coefficient (Wildman–Crippen LogP) is 3.08. The van der Waals surface area contributed by atoms with E-state index >= 15 is 0 Å². The zero-order valence-corrected chi connectivity index (χ0v) is 12.5. The van der Waals surface area contributed by atoms with Gasteiger partial charge in [0.15, 0.2) is 5.78 Å². The maximum absolute atomic E-state index is 11.5. The van der Waals surface area contributed by atoms with Crippen molar-refractivity contribution in [3.05, 3.63) is 41.1 Å². The van der Waals surface area contributed by atoms with Crippen molar-refractivity contribution in [2.24, 2.45) is 0 Å². The maximum Gasteiger partial charge on any atom is 0.225 e. The van der Waals surface area contributed by atoms with Crippen LogP contribution in [-0.4, -0.2) is 28.8 Å². The van der Waals surface area contributed by atoms with E-state index in [0.29, 0.717) is 18.9 Å². The van der Waals surface area contributed by atoms with Crippen LogP contribution in [0.3, 0.4) is 0 Å². The van der Waals surface area contributed by atoms with Crippen LogP contribution in [0.2, 0.25) is 0 Å². The lowest BCUT2D eigenvalue weighted by molar-refractivity contribution is -0.118. The van der Waals surface area contributed by atoms with Gasteiger partial charge >= 0.3 is 0 Å². The van der Waals surface area contributed by atoms with E-state index < -0.39 is 0 Å². The van der Waals surface area contributed by atoms with Gasteiger partial charge in [-0.3, -0.25) is 4.79 Å². The average molecular weight is 332 g/mol. The molecule has 0 atom stereocenters. The molecule has 1 aliphatic rings. The Morgan fingerprint density at radius 2 is 1.75 bits per heavy atom. The molecule has 4 nitrogen and oxygen atoms in total. The lowest BCUT2D eigenvalue weighted by Gasteiger charge is -2.25. The van der Waals surface area contributed by atoms with Gasteiger partial charge in [-0.05, 0) is 24.1 Å². The highest BCUT2D eigenvalue weighted by Gasteiger charge is 2.18. The normalized spacial score (nSPS) is 15.4. The minimum absolute atomic E-state index is 0.261. The summed E-state index contributed by atoms with van der Waals surface area (Å²) in [5.41, 5.74) is 2.05. The molecule has 3 rings (SSSR count). The van der Waals surface area contributed by atoms with Crippen LogP contribution in [0.5, 0.6) is 0 Å². The van der Waals surface area contributed by atoms with Crippen LogP contribution in [0.25, 0.3) is 11.1 Å². The first-order chi connectivity index (χ1) is 9.72. The van der Waals surface area contributed by atoms with E-state index in [1.807, 2.05) is 41.6 Å². The van der Waals surface area contributed by atoms with Gasteiger partial charge in [-0.25, -0.2) is 9.97 Å². The fourth-order valence-electron chi connectivity index (χ4n) is 2.28. The molecule has 2 aromatic rings. The molecule has 5 heteroatoms. The Balaban J connectivity index is 1.80. The van der Waals surface area contributed by atoms with Crippen LogP contribution in [0.1, 0.15) is 12.8 Å². The largest absolute Gasteiger partial charge is 0.333 e. The Kier molecular flexibility index (Phi) is 3.78. The smallest absolute Gasteiger partial charge is 0.225 e. The van der Waals surface area contributed by atoms with Crippen LogP contribution in [0.15, 0.2) is 41.1 Å². The number of aromatic nitrogens is 2. The van der Waals surface area contributed by atoms with Gasteiger partial charge in [0, 0.05) is 35.4 Å². The Morgan fingerprint density at radius 1 is 1.05 bits per heavy atom. The summed E-state index contributed by atoms with van der Waals surface area (Å²) in [6.07, 6.45) is 5.18. The van der Waals surface area contributed by atoms with Gasteiger partial charge in [0.05, 0.1) is 6.54 Å². The van der Waals surface area contributed by atoms with Crippen LogP contribution >= 0.6 is 15.9 Å². The Bertz CT molecular complexity index is 610. The van der Waals surface area contributed by atoms with Crippen molar-refractivity contribution in [1.29, 1.82) is 0 Å². The number of Topliss-reactive ketones (excluding diaryl/α,β-unsaturated/α-hetero) is 1. The fourth-order valence-corrected chi connectivity index (χ4v) is 2.55. The lowest BCUT2D eigenvalue weighted by atomic mass is 10.1. The van der Waals surface area contributed by atoms with Gasteiger partial charge in [0.2, 0.25) is 5.95 Å². The quantitative estimate of drug-likeness (QED) is 0.848. The van der Waals surface area contributed by atoms with E-state index in [1.54, 1.807) is 0 Å². The van der Waals surface area contributed by atoms with Crippen LogP contribution in [0.4, 0.5) is 5.95 Å². The molecule has 102 valence electrons. The summed E-state index contributed by atoms with van der Waals surface area (Å²) in [6.45, 7) is 1.28. The number of halogens is 1. The first-order valence-corrected chi connectivity index (χ1v) is 7.36. The molecule has 0 amide bonds. The number of ketones is 1. The number of hydrogen-bond donors (Lipinski definition) is 0. The number of piperidine rings is 1. The molecule has 0 saturated carbocycles. The van der Waals surface area contributed by atoms with Crippen molar-refractivity contribution >= 4 is 27.7 Å². The van der Waals surface area contributed by atoms with Crippen molar-refractivity contribution in [1.82, 2.24) is 9.97 Å². The van der Waals surface area contributed by atoms with E-state index in [2.05, 4.69) is 25.9 Å². The number of hydrogen-bond acceptors (Lipinski definition) is 4. The molecule has 0 aliphatic carbocycles. The third-order valence-electron chi connectivity index (χ3n) is 3.35. The van der Waals surface area contributed by atoms with Crippen molar-refractivity contribution in [3.63, 3.8) is 0 Å². The summed E-state index contributed by atoms with van der Waals surface area (Å²) in [5.74, 6) is 0.899. The zero-order chi connectivity index (χ0) is 13.9. The monoisotopic (exact) mass is 331 g/mol. The van der Waals surface area contributed by atoms with E-state index in [0.717, 1.165) is 28.6 Å². The van der Waals surface area contributed by atoms with Gasteiger partial charge in [-0.15, -0.1) is 0 Å². The second kappa shape index (κ2) is 5.71. The summed E-state index contributed by atoms with van der Waals surface area (Å²) in [7, 11) is 0. The molecule has 0 bridgehead atoms. The number of nitrogens with zero attached hydrogens (tertiary/aromatic N) is 3. The van der Waals surface area contributed by atoms with Gasteiger partial charge < -0.3 is 4.90 Å². The topological polar surface area (TPSA) is 46.1 Å². The van der Waals surface area contributed by atoms with Gasteiger partial charge in [-0.2, -0.15) is 0 Å². The highest BCUT2D eigenvalue weighted by Crippen LogP contribution is 2.22. The van der Waals surface area contributed by atoms with E-state index in [1.165, 1.54) is 0 Å². The number of carbonyl (C=O) groups is 1. The molecule has 20 heavy (non-hydrogen) atoms. The molecular formula is C15H14BrN3O. The molecule has 1 fully saturated rings. The molecular weight excluding hydrogens is 318 g/mol. The second-order valence-corrected chi connectivity index (χ2v) is 5.76. The molecule has 0 unspecified atom stereocenters. The van der Waals surface area contributed by atoms with Crippen molar-refractivity contribution in [3.8, 4) is 11.1 Å². The molecule has 1 aromatic carbocycles. The third-order valence-corrected chi connectivity index (χ3v) is 3.88. The Hall–Kier alpha value is -1.75. The van der Waals surface area contributed by atoms with Gasteiger partial charge in [0.1, 0.15) is 0 Å². The van der Waals surface area contributed by atoms with E-state index in [9.17, 15) is 4.79 Å². The SMILES string of the molecule is O=C1CCCN(c2ncc(-c3ccc(Br)cc3)cn2)C1. The van der Waals surface area contributed by atoms with E-state index in [4.69, 9.17) is 0 Å². The molecule has 1 saturated heterocycles. The number of rotatable bonds is 2. The molecule has 2 heterocycles. The van der Waals surface area contributed by atoms with E-state index in [-0.39, 0.29) is 5.78 Å². The Morgan fingerprint density at radius 3 is 2.40 bits per heavy atom. The Labute approximate surface area is 126 Å². The minimum Gasteiger partial charge on any atom is -0.333 e. The van der Waals surface area contributed by atoms with Crippen molar-refractivity contribution in [2.75, 3.05) is 18.0 Å².